The molecule has 0 aliphatic heterocycles. The van der Waals surface area contributed by atoms with Crippen LogP contribution in [0.25, 0.3) is 0 Å². The first-order chi connectivity index (χ1) is 9.45. The van der Waals surface area contributed by atoms with Gasteiger partial charge in [-0.3, -0.25) is 4.79 Å². The third-order valence-electron chi connectivity index (χ3n) is 2.68. The molecule has 1 aromatic carbocycles. The summed E-state index contributed by atoms with van der Waals surface area (Å²) in [5, 5.41) is 16.4. The number of hydrogen-bond acceptors (Lipinski definition) is 4. The first kappa shape index (κ1) is 14.6. The van der Waals surface area contributed by atoms with Gasteiger partial charge in [0.15, 0.2) is 0 Å². The predicted octanol–water partition coefficient (Wildman–Crippen LogP) is 1.18. The number of halogens is 2. The lowest BCUT2D eigenvalue weighted by atomic mass is 10.2. The lowest BCUT2D eigenvalue weighted by Crippen LogP contribution is -2.32. The Balaban J connectivity index is 2.07. The number of nitrogens with zero attached hydrogens (tertiary/aromatic N) is 3. The largest absolute Gasteiger partial charge is 0.480 e. The van der Waals surface area contributed by atoms with Gasteiger partial charge in [0.25, 0.3) is 0 Å². The summed E-state index contributed by atoms with van der Waals surface area (Å²) in [6.45, 7) is 0.217. The van der Waals surface area contributed by atoms with Crippen LogP contribution in [0.2, 0.25) is 0 Å². The molecule has 106 valence electrons. The van der Waals surface area contributed by atoms with Gasteiger partial charge < -0.3 is 10.8 Å². The van der Waals surface area contributed by atoms with Crippen LogP contribution in [-0.4, -0.2) is 32.1 Å². The molecule has 0 bridgehead atoms. The number of nitrogens with two attached hydrogens (primary N) is 1. The van der Waals surface area contributed by atoms with Crippen LogP contribution in [0.1, 0.15) is 11.3 Å². The molecule has 0 aliphatic carbocycles. The second-order valence-corrected chi connectivity index (χ2v) is 5.21. The molecular formula is C12H12BrFN4O2. The molecule has 0 fully saturated rings. The summed E-state index contributed by atoms with van der Waals surface area (Å²) in [5.41, 5.74) is 6.33. The SMILES string of the molecule is NC(Cc1cn(Cc2ccc(Br)cc2F)nn1)C(=O)O. The number of aliphatic carboxylic acids is 1. The highest BCUT2D eigenvalue weighted by Gasteiger charge is 2.14. The van der Waals surface area contributed by atoms with Crippen molar-refractivity contribution in [3.8, 4) is 0 Å². The summed E-state index contributed by atoms with van der Waals surface area (Å²) < 4.78 is 15.8. The van der Waals surface area contributed by atoms with Gasteiger partial charge in [0.05, 0.1) is 12.2 Å². The predicted molar refractivity (Wildman–Crippen MR) is 72.5 cm³/mol. The van der Waals surface area contributed by atoms with Gasteiger partial charge in [0, 0.05) is 22.7 Å². The smallest absolute Gasteiger partial charge is 0.320 e. The van der Waals surface area contributed by atoms with Gasteiger partial charge in [0.2, 0.25) is 0 Å². The number of carboxylic acids is 1. The maximum Gasteiger partial charge on any atom is 0.320 e. The first-order valence-electron chi connectivity index (χ1n) is 5.77. The molecule has 0 amide bonds. The highest BCUT2D eigenvalue weighted by molar-refractivity contribution is 9.10. The molecule has 6 nitrogen and oxygen atoms in total. The van der Waals surface area contributed by atoms with Crippen molar-refractivity contribution in [3.63, 3.8) is 0 Å². The Morgan fingerprint density at radius 3 is 2.95 bits per heavy atom. The average molecular weight is 343 g/mol. The van der Waals surface area contributed by atoms with Gasteiger partial charge >= 0.3 is 5.97 Å². The molecule has 0 aliphatic rings. The van der Waals surface area contributed by atoms with Crippen LogP contribution in [-0.2, 0) is 17.8 Å². The third-order valence-corrected chi connectivity index (χ3v) is 3.17. The van der Waals surface area contributed by atoms with Crippen LogP contribution in [0.4, 0.5) is 4.39 Å². The highest BCUT2D eigenvalue weighted by atomic mass is 79.9. The van der Waals surface area contributed by atoms with E-state index in [1.54, 1.807) is 18.3 Å². The van der Waals surface area contributed by atoms with Crippen LogP contribution < -0.4 is 5.73 Å². The van der Waals surface area contributed by atoms with E-state index in [1.165, 1.54) is 10.7 Å². The maximum atomic E-state index is 13.7. The van der Waals surface area contributed by atoms with Crippen molar-refractivity contribution in [1.82, 2.24) is 15.0 Å². The topological polar surface area (TPSA) is 94.0 Å². The minimum Gasteiger partial charge on any atom is -0.480 e. The Kier molecular flexibility index (Phi) is 4.46. The number of benzene rings is 1. The van der Waals surface area contributed by atoms with E-state index in [-0.39, 0.29) is 18.8 Å². The Labute approximate surface area is 122 Å². The number of carbonyl (C=O) groups is 1. The van der Waals surface area contributed by atoms with Gasteiger partial charge in [-0.1, -0.05) is 27.2 Å². The fourth-order valence-electron chi connectivity index (χ4n) is 1.65. The first-order valence-corrected chi connectivity index (χ1v) is 6.56. The molecule has 20 heavy (non-hydrogen) atoms. The second kappa shape index (κ2) is 6.10. The Morgan fingerprint density at radius 2 is 2.30 bits per heavy atom. The molecule has 1 heterocycles. The van der Waals surface area contributed by atoms with Crippen molar-refractivity contribution in [2.75, 3.05) is 0 Å². The number of carboxylic acid groups (broad SMARTS) is 1. The molecule has 3 N–H and O–H groups in total. The molecule has 1 aromatic heterocycles. The Bertz CT molecular complexity index is 632. The van der Waals surface area contributed by atoms with Gasteiger partial charge in [-0.05, 0) is 12.1 Å². The Morgan fingerprint density at radius 1 is 1.55 bits per heavy atom. The molecule has 2 rings (SSSR count). The van der Waals surface area contributed by atoms with Crippen molar-refractivity contribution in [2.24, 2.45) is 5.73 Å². The van der Waals surface area contributed by atoms with Gasteiger partial charge in [-0.15, -0.1) is 5.10 Å². The quantitative estimate of drug-likeness (QED) is 0.850. The van der Waals surface area contributed by atoms with Gasteiger partial charge in [0.1, 0.15) is 11.9 Å². The van der Waals surface area contributed by atoms with Crippen molar-refractivity contribution in [1.29, 1.82) is 0 Å². The van der Waals surface area contributed by atoms with Crippen LogP contribution in [0.15, 0.2) is 28.9 Å². The van der Waals surface area contributed by atoms with Crippen molar-refractivity contribution in [3.05, 3.63) is 45.9 Å². The molecule has 0 spiro atoms. The van der Waals surface area contributed by atoms with E-state index in [0.29, 0.717) is 15.7 Å². The van der Waals surface area contributed by atoms with Crippen LogP contribution >= 0.6 is 15.9 Å². The van der Waals surface area contributed by atoms with Gasteiger partial charge in [-0.2, -0.15) is 0 Å². The standard InChI is InChI=1S/C12H12BrFN4O2/c13-8-2-1-7(10(14)3-8)5-18-6-9(16-17-18)4-11(15)12(19)20/h1-3,6,11H,4-5,15H2,(H,19,20). The van der Waals surface area contributed by atoms with Crippen molar-refractivity contribution < 1.29 is 14.3 Å². The van der Waals surface area contributed by atoms with Crippen LogP contribution in [0.5, 0.6) is 0 Å². The summed E-state index contributed by atoms with van der Waals surface area (Å²) in [6.07, 6.45) is 1.64. The van der Waals surface area contributed by atoms with Gasteiger partial charge in [-0.25, -0.2) is 9.07 Å². The van der Waals surface area contributed by atoms with E-state index in [9.17, 15) is 9.18 Å². The number of rotatable bonds is 5. The van der Waals surface area contributed by atoms with E-state index in [0.717, 1.165) is 0 Å². The maximum absolute atomic E-state index is 13.7. The zero-order valence-corrected chi connectivity index (χ0v) is 11.9. The normalized spacial score (nSPS) is 12.3. The zero-order chi connectivity index (χ0) is 14.7. The van der Waals surface area contributed by atoms with E-state index < -0.39 is 12.0 Å². The lowest BCUT2D eigenvalue weighted by molar-refractivity contribution is -0.138. The fraction of sp³-hybridized carbons (Fsp3) is 0.250. The average Bonchev–Trinajstić information content (AvgIpc) is 2.80. The lowest BCUT2D eigenvalue weighted by Gasteiger charge is -2.03. The third kappa shape index (κ3) is 3.61. The van der Waals surface area contributed by atoms with E-state index in [2.05, 4.69) is 26.2 Å². The zero-order valence-electron chi connectivity index (χ0n) is 10.3. The molecule has 1 unspecified atom stereocenters. The fourth-order valence-corrected chi connectivity index (χ4v) is 1.98. The molecule has 0 saturated heterocycles. The summed E-state index contributed by atoms with van der Waals surface area (Å²) in [6, 6.07) is 3.72. The van der Waals surface area contributed by atoms with E-state index in [1.807, 2.05) is 0 Å². The van der Waals surface area contributed by atoms with Crippen molar-refractivity contribution >= 4 is 21.9 Å². The van der Waals surface area contributed by atoms with Crippen LogP contribution in [0, 0.1) is 5.82 Å². The molecular weight excluding hydrogens is 331 g/mol. The minimum absolute atomic E-state index is 0.0815. The van der Waals surface area contributed by atoms with E-state index in [4.69, 9.17) is 10.8 Å². The molecule has 2 aromatic rings. The minimum atomic E-state index is -1.10. The molecule has 0 saturated carbocycles. The summed E-state index contributed by atoms with van der Waals surface area (Å²) in [4.78, 5) is 10.6. The summed E-state index contributed by atoms with van der Waals surface area (Å²) in [7, 11) is 0. The number of aromatic nitrogens is 3. The number of hydrogen-bond donors (Lipinski definition) is 2. The summed E-state index contributed by atoms with van der Waals surface area (Å²) in [5.74, 6) is -1.45. The molecule has 0 radical (unpaired) electrons. The highest BCUT2D eigenvalue weighted by Crippen LogP contribution is 2.16. The van der Waals surface area contributed by atoms with Crippen molar-refractivity contribution in [2.45, 2.75) is 19.0 Å². The molecule has 8 heteroatoms. The summed E-state index contributed by atoms with van der Waals surface area (Å²) >= 11 is 3.18. The van der Waals surface area contributed by atoms with Crippen LogP contribution in [0.3, 0.4) is 0 Å². The molecule has 1 atom stereocenters. The second-order valence-electron chi connectivity index (χ2n) is 4.29. The monoisotopic (exact) mass is 342 g/mol. The Hall–Kier alpha value is -1.80. The van der Waals surface area contributed by atoms with E-state index >= 15 is 0 Å².